The molecule has 1 aliphatic heterocycles. The van der Waals surface area contributed by atoms with Crippen LogP contribution in [0.15, 0.2) is 0 Å². The maximum Gasteiger partial charge on any atom is 0.0434 e. The van der Waals surface area contributed by atoms with E-state index in [4.69, 9.17) is 5.11 Å². The molecule has 2 aliphatic rings. The number of likely N-dealkylation sites (tertiary alicyclic amines) is 1. The summed E-state index contributed by atoms with van der Waals surface area (Å²) in [6, 6.07) is 0. The van der Waals surface area contributed by atoms with Crippen molar-refractivity contribution in [1.29, 1.82) is 0 Å². The molecule has 1 aliphatic carbocycles. The fraction of sp³-hybridized carbons (Fsp3) is 1.00. The summed E-state index contributed by atoms with van der Waals surface area (Å²) < 4.78 is 0. The average molecular weight is 254 g/mol. The zero-order valence-corrected chi connectivity index (χ0v) is 12.0. The van der Waals surface area contributed by atoms with Gasteiger partial charge in [0, 0.05) is 26.2 Å². The van der Waals surface area contributed by atoms with E-state index in [9.17, 15) is 0 Å². The normalized spacial score (nSPS) is 28.7. The van der Waals surface area contributed by atoms with E-state index < -0.39 is 0 Å². The molecule has 3 nitrogen and oxygen atoms in total. The van der Waals surface area contributed by atoms with Crippen molar-refractivity contribution in [3.63, 3.8) is 0 Å². The molecule has 1 heterocycles. The molecule has 2 fully saturated rings. The van der Waals surface area contributed by atoms with Crippen molar-refractivity contribution in [3.8, 4) is 0 Å². The van der Waals surface area contributed by atoms with E-state index in [1.165, 1.54) is 64.7 Å². The van der Waals surface area contributed by atoms with Crippen molar-refractivity contribution in [2.24, 2.45) is 11.3 Å². The highest BCUT2D eigenvalue weighted by Crippen LogP contribution is 2.37. The largest absolute Gasteiger partial charge is 0.396 e. The highest BCUT2D eigenvalue weighted by molar-refractivity contribution is 4.89. The summed E-state index contributed by atoms with van der Waals surface area (Å²) in [6.07, 6.45) is 9.33. The van der Waals surface area contributed by atoms with Crippen molar-refractivity contribution in [1.82, 2.24) is 10.2 Å². The molecule has 106 valence electrons. The Morgan fingerprint density at radius 3 is 2.72 bits per heavy atom. The molecule has 1 saturated carbocycles. The average Bonchev–Trinajstić information content (AvgIpc) is 2.78. The van der Waals surface area contributed by atoms with Crippen LogP contribution in [-0.4, -0.2) is 49.8 Å². The van der Waals surface area contributed by atoms with Gasteiger partial charge in [0.05, 0.1) is 0 Å². The standard InChI is InChI=1S/C15H30N2O/c1-16-12-15(7-3-2-4-8-15)13-17-9-5-14(11-17)6-10-18/h14,16,18H,2-13H2,1H3. The van der Waals surface area contributed by atoms with E-state index in [0.717, 1.165) is 12.3 Å². The Labute approximate surface area is 112 Å². The third-order valence-electron chi connectivity index (χ3n) is 4.93. The molecule has 1 saturated heterocycles. The molecule has 0 spiro atoms. The first-order chi connectivity index (χ1) is 8.78. The lowest BCUT2D eigenvalue weighted by Gasteiger charge is -2.40. The molecule has 0 bridgehead atoms. The van der Waals surface area contributed by atoms with E-state index in [1.54, 1.807) is 0 Å². The van der Waals surface area contributed by atoms with Crippen LogP contribution < -0.4 is 5.32 Å². The van der Waals surface area contributed by atoms with Crippen LogP contribution in [0, 0.1) is 11.3 Å². The van der Waals surface area contributed by atoms with Gasteiger partial charge < -0.3 is 15.3 Å². The highest BCUT2D eigenvalue weighted by atomic mass is 16.3. The molecule has 0 aromatic carbocycles. The number of aliphatic hydroxyl groups is 1. The molecule has 1 unspecified atom stereocenters. The quantitative estimate of drug-likeness (QED) is 0.759. The Hall–Kier alpha value is -0.120. The summed E-state index contributed by atoms with van der Waals surface area (Å²) in [6.45, 7) is 5.27. The van der Waals surface area contributed by atoms with Gasteiger partial charge in [0.2, 0.25) is 0 Å². The maximum atomic E-state index is 9.04. The Morgan fingerprint density at radius 2 is 2.06 bits per heavy atom. The first kappa shape index (κ1) is 14.3. The molecule has 3 heteroatoms. The van der Waals surface area contributed by atoms with Gasteiger partial charge in [-0.15, -0.1) is 0 Å². The molecule has 0 aromatic rings. The van der Waals surface area contributed by atoms with Crippen LogP contribution in [-0.2, 0) is 0 Å². The smallest absolute Gasteiger partial charge is 0.0434 e. The zero-order valence-electron chi connectivity index (χ0n) is 12.0. The monoisotopic (exact) mass is 254 g/mol. The van der Waals surface area contributed by atoms with E-state index >= 15 is 0 Å². The maximum absolute atomic E-state index is 9.04. The Bertz CT molecular complexity index is 233. The third kappa shape index (κ3) is 3.69. The van der Waals surface area contributed by atoms with Gasteiger partial charge >= 0.3 is 0 Å². The molecular formula is C15H30N2O. The minimum Gasteiger partial charge on any atom is -0.396 e. The van der Waals surface area contributed by atoms with Gasteiger partial charge in [-0.1, -0.05) is 19.3 Å². The van der Waals surface area contributed by atoms with Crippen LogP contribution >= 0.6 is 0 Å². The van der Waals surface area contributed by atoms with E-state index in [0.29, 0.717) is 12.0 Å². The predicted molar refractivity (Wildman–Crippen MR) is 75.7 cm³/mol. The number of nitrogens with one attached hydrogen (secondary N) is 1. The third-order valence-corrected chi connectivity index (χ3v) is 4.93. The first-order valence-corrected chi connectivity index (χ1v) is 7.76. The van der Waals surface area contributed by atoms with Gasteiger partial charge in [-0.3, -0.25) is 0 Å². The van der Waals surface area contributed by atoms with Crippen molar-refractivity contribution < 1.29 is 5.11 Å². The molecule has 18 heavy (non-hydrogen) atoms. The van der Waals surface area contributed by atoms with Crippen LogP contribution in [0.5, 0.6) is 0 Å². The van der Waals surface area contributed by atoms with Gasteiger partial charge in [-0.25, -0.2) is 0 Å². The number of aliphatic hydroxyl groups excluding tert-OH is 1. The lowest BCUT2D eigenvalue weighted by Crippen LogP contribution is -2.44. The van der Waals surface area contributed by atoms with Crippen molar-refractivity contribution in [3.05, 3.63) is 0 Å². The molecule has 2 N–H and O–H groups in total. The van der Waals surface area contributed by atoms with Gasteiger partial charge in [0.1, 0.15) is 0 Å². The number of hydrogen-bond acceptors (Lipinski definition) is 3. The van der Waals surface area contributed by atoms with E-state index in [1.807, 2.05) is 0 Å². The van der Waals surface area contributed by atoms with Crippen LogP contribution in [0.2, 0.25) is 0 Å². The summed E-state index contributed by atoms with van der Waals surface area (Å²) in [5, 5.41) is 12.5. The fourth-order valence-corrected chi connectivity index (χ4v) is 4.02. The Balaban J connectivity index is 1.85. The predicted octanol–water partition coefficient (Wildman–Crippen LogP) is 1.86. The molecular weight excluding hydrogens is 224 g/mol. The van der Waals surface area contributed by atoms with Crippen LogP contribution in [0.4, 0.5) is 0 Å². The van der Waals surface area contributed by atoms with Gasteiger partial charge in [0.25, 0.3) is 0 Å². The molecule has 0 amide bonds. The minimum absolute atomic E-state index is 0.361. The summed E-state index contributed by atoms with van der Waals surface area (Å²) in [5.74, 6) is 0.741. The molecule has 0 aromatic heterocycles. The summed E-state index contributed by atoms with van der Waals surface area (Å²) in [5.41, 5.74) is 0.529. The summed E-state index contributed by atoms with van der Waals surface area (Å²) in [4.78, 5) is 2.66. The second-order valence-electron chi connectivity index (χ2n) is 6.49. The van der Waals surface area contributed by atoms with Crippen LogP contribution in [0.1, 0.15) is 44.9 Å². The number of rotatable bonds is 6. The lowest BCUT2D eigenvalue weighted by atomic mass is 9.73. The first-order valence-electron chi connectivity index (χ1n) is 7.76. The minimum atomic E-state index is 0.361. The van der Waals surface area contributed by atoms with Gasteiger partial charge in [-0.05, 0) is 50.6 Å². The zero-order chi connectivity index (χ0) is 12.8. The van der Waals surface area contributed by atoms with Crippen molar-refractivity contribution in [2.75, 3.05) is 39.8 Å². The van der Waals surface area contributed by atoms with Crippen molar-refractivity contribution >= 4 is 0 Å². The van der Waals surface area contributed by atoms with E-state index in [-0.39, 0.29) is 0 Å². The number of nitrogens with zero attached hydrogens (tertiary/aromatic N) is 1. The second-order valence-corrected chi connectivity index (χ2v) is 6.49. The Morgan fingerprint density at radius 1 is 1.28 bits per heavy atom. The van der Waals surface area contributed by atoms with E-state index in [2.05, 4.69) is 17.3 Å². The highest BCUT2D eigenvalue weighted by Gasteiger charge is 2.35. The van der Waals surface area contributed by atoms with Crippen LogP contribution in [0.3, 0.4) is 0 Å². The molecule has 2 rings (SSSR count). The SMILES string of the molecule is CNCC1(CN2CCC(CCO)C2)CCCCC1. The molecule has 0 radical (unpaired) electrons. The second kappa shape index (κ2) is 6.88. The van der Waals surface area contributed by atoms with Gasteiger partial charge in [0.15, 0.2) is 0 Å². The summed E-state index contributed by atoms with van der Waals surface area (Å²) in [7, 11) is 2.09. The number of hydrogen-bond donors (Lipinski definition) is 2. The van der Waals surface area contributed by atoms with Crippen LogP contribution in [0.25, 0.3) is 0 Å². The van der Waals surface area contributed by atoms with Crippen molar-refractivity contribution in [2.45, 2.75) is 44.9 Å². The fourth-order valence-electron chi connectivity index (χ4n) is 4.02. The lowest BCUT2D eigenvalue weighted by molar-refractivity contribution is 0.115. The van der Waals surface area contributed by atoms with Gasteiger partial charge in [-0.2, -0.15) is 0 Å². The topological polar surface area (TPSA) is 35.5 Å². The summed E-state index contributed by atoms with van der Waals surface area (Å²) >= 11 is 0. The Kier molecular flexibility index (Phi) is 5.46. The molecule has 1 atom stereocenters.